The van der Waals surface area contributed by atoms with E-state index >= 15 is 0 Å². The molecule has 0 aliphatic carbocycles. The van der Waals surface area contributed by atoms with Gasteiger partial charge in [-0.2, -0.15) is 5.26 Å². The lowest BCUT2D eigenvalue weighted by Gasteiger charge is -2.23. The summed E-state index contributed by atoms with van der Waals surface area (Å²) in [6.45, 7) is 2.00. The predicted octanol–water partition coefficient (Wildman–Crippen LogP) is 3.51. The maximum atomic E-state index is 13.3. The summed E-state index contributed by atoms with van der Waals surface area (Å²) in [7, 11) is 0. The van der Waals surface area contributed by atoms with Gasteiger partial charge in [-0.15, -0.1) is 11.3 Å². The second-order valence-electron chi connectivity index (χ2n) is 7.08. The minimum absolute atomic E-state index is 0.136. The molecule has 1 aliphatic heterocycles. The van der Waals surface area contributed by atoms with Crippen LogP contribution in [0.5, 0.6) is 0 Å². The summed E-state index contributed by atoms with van der Waals surface area (Å²) in [5, 5.41) is 9.93. The average Bonchev–Trinajstić information content (AvgIpc) is 3.13. The zero-order valence-electron chi connectivity index (χ0n) is 17.3. The first-order chi connectivity index (χ1) is 15.9. The van der Waals surface area contributed by atoms with Gasteiger partial charge in [0.2, 0.25) is 0 Å². The van der Waals surface area contributed by atoms with Gasteiger partial charge in [0.1, 0.15) is 10.5 Å². The lowest BCUT2D eigenvalue weighted by molar-refractivity contribution is 0.0526. The molecule has 3 aromatic rings. The van der Waals surface area contributed by atoms with E-state index < -0.39 is 5.97 Å². The molecule has 0 amide bonds. The molecule has 166 valence electrons. The lowest BCUT2D eigenvalue weighted by Crippen LogP contribution is -2.37. The zero-order chi connectivity index (χ0) is 23.7. The van der Waals surface area contributed by atoms with Gasteiger partial charge in [-0.1, -0.05) is 36.4 Å². The number of nitrogens with zero attached hydrogens (tertiary/aromatic N) is 2. The van der Waals surface area contributed by atoms with E-state index in [0.717, 1.165) is 12.7 Å². The second-order valence-corrected chi connectivity index (χ2v) is 10.4. The summed E-state index contributed by atoms with van der Waals surface area (Å²) >= 11 is 5.74. The molecule has 2 N–H and O–H groups in total. The maximum absolute atomic E-state index is 13.3. The van der Waals surface area contributed by atoms with Crippen molar-refractivity contribution in [2.24, 2.45) is 5.73 Å². The molecule has 0 fully saturated rings. The Bertz CT molecular complexity index is 1530. The molecule has 6 nitrogen and oxygen atoms in total. The van der Waals surface area contributed by atoms with Gasteiger partial charge in [-0.3, -0.25) is 9.36 Å². The van der Waals surface area contributed by atoms with Crippen LogP contribution in [-0.2, 0) is 4.74 Å². The predicted molar refractivity (Wildman–Crippen MR) is 146 cm³/mol. The fourth-order valence-electron chi connectivity index (χ4n) is 3.66. The molecule has 0 radical (unpaired) electrons. The van der Waals surface area contributed by atoms with Gasteiger partial charge in [-0.05, 0) is 81.4 Å². The Morgan fingerprint density at radius 2 is 1.94 bits per heavy atom. The number of nitriles is 1. The Balaban J connectivity index is 1.99. The van der Waals surface area contributed by atoms with Gasteiger partial charge in [0, 0.05) is 7.15 Å². The SMILES string of the molecule is CCOC(=O)c1ccccc1C=c1sc2n(c1=O)C(N)=C(C#N)[C@@H](c1ccccc1I)C=2I. The molecule has 2 heterocycles. The van der Waals surface area contributed by atoms with Crippen molar-refractivity contribution >= 4 is 78.0 Å². The molecule has 4 rings (SSSR count). The van der Waals surface area contributed by atoms with E-state index in [1.165, 1.54) is 15.9 Å². The number of rotatable bonds is 4. The standard InChI is InChI=1S/C24H17I2N3O3S/c1-2-32-24(31)14-8-4-3-7-13(14)11-18-22(30)29-21(28)16(12-27)19(20(26)23(29)33-18)15-9-5-6-10-17(15)25/h3-11,19H,2,28H2,1H3/t19-/m1/s1. The number of esters is 1. The number of nitrogens with two attached hydrogens (primary N) is 1. The van der Waals surface area contributed by atoms with Crippen molar-refractivity contribution < 1.29 is 9.53 Å². The summed E-state index contributed by atoms with van der Waals surface area (Å²) in [4.78, 5) is 25.7. The summed E-state index contributed by atoms with van der Waals surface area (Å²) in [6.07, 6.45) is 1.68. The fraction of sp³-hybridized carbons (Fsp3) is 0.125. The molecular formula is C24H17I2N3O3S. The van der Waals surface area contributed by atoms with Crippen molar-refractivity contribution in [3.8, 4) is 6.07 Å². The molecule has 9 heteroatoms. The Morgan fingerprint density at radius 1 is 1.24 bits per heavy atom. The summed E-state index contributed by atoms with van der Waals surface area (Å²) < 4.78 is 9.50. The Hall–Kier alpha value is -2.43. The molecule has 1 aromatic heterocycles. The highest BCUT2D eigenvalue weighted by atomic mass is 127. The number of carbonyl (C=O) groups is 1. The van der Waals surface area contributed by atoms with E-state index in [2.05, 4.69) is 51.3 Å². The van der Waals surface area contributed by atoms with Crippen LogP contribution < -0.4 is 20.5 Å². The number of hydrogen-bond acceptors (Lipinski definition) is 6. The highest BCUT2D eigenvalue weighted by Gasteiger charge is 2.31. The average molecular weight is 681 g/mol. The van der Waals surface area contributed by atoms with Crippen LogP contribution in [0.25, 0.3) is 15.5 Å². The highest BCUT2D eigenvalue weighted by Crippen LogP contribution is 2.40. The maximum Gasteiger partial charge on any atom is 0.338 e. The lowest BCUT2D eigenvalue weighted by atomic mass is 9.90. The van der Waals surface area contributed by atoms with Crippen LogP contribution in [0, 0.1) is 14.9 Å². The van der Waals surface area contributed by atoms with Crippen LogP contribution in [0.4, 0.5) is 0 Å². The van der Waals surface area contributed by atoms with E-state index in [9.17, 15) is 14.9 Å². The molecule has 0 unspecified atom stereocenters. The van der Waals surface area contributed by atoms with Crippen molar-refractivity contribution in [1.29, 1.82) is 5.26 Å². The molecule has 2 aromatic carbocycles. The Morgan fingerprint density at radius 3 is 2.64 bits per heavy atom. The first-order valence-electron chi connectivity index (χ1n) is 9.93. The van der Waals surface area contributed by atoms with Crippen LogP contribution in [0.1, 0.15) is 34.3 Å². The third-order valence-electron chi connectivity index (χ3n) is 5.17. The third-order valence-corrected chi connectivity index (χ3v) is 8.76. The molecule has 0 spiro atoms. The van der Waals surface area contributed by atoms with Crippen LogP contribution >= 0.6 is 56.5 Å². The number of benzene rings is 2. The highest BCUT2D eigenvalue weighted by molar-refractivity contribution is 14.1. The van der Waals surface area contributed by atoms with E-state index in [-0.39, 0.29) is 23.9 Å². The number of aromatic nitrogens is 1. The largest absolute Gasteiger partial charge is 0.462 e. The number of hydrogen-bond donors (Lipinski definition) is 1. The van der Waals surface area contributed by atoms with E-state index in [1.807, 2.05) is 24.3 Å². The Labute approximate surface area is 221 Å². The van der Waals surface area contributed by atoms with E-state index in [0.29, 0.717) is 25.9 Å². The number of thiazole rings is 1. The van der Waals surface area contributed by atoms with Crippen molar-refractivity contribution in [1.82, 2.24) is 4.57 Å². The number of fused-ring (bicyclic) bond motifs is 1. The van der Waals surface area contributed by atoms with Crippen LogP contribution in [0.15, 0.2) is 58.9 Å². The quantitative estimate of drug-likeness (QED) is 0.336. The number of allylic oxidation sites excluding steroid dienone is 1. The van der Waals surface area contributed by atoms with E-state index in [4.69, 9.17) is 10.5 Å². The van der Waals surface area contributed by atoms with Crippen LogP contribution in [0.3, 0.4) is 0 Å². The Kier molecular flexibility index (Phi) is 7.06. The molecule has 0 saturated carbocycles. The normalized spacial score (nSPS) is 15.9. The van der Waals surface area contributed by atoms with Crippen molar-refractivity contribution in [3.05, 3.63) is 93.9 Å². The van der Waals surface area contributed by atoms with Gasteiger partial charge >= 0.3 is 5.97 Å². The molecule has 0 bridgehead atoms. The summed E-state index contributed by atoms with van der Waals surface area (Å²) in [5.74, 6) is -0.657. The monoisotopic (exact) mass is 681 g/mol. The zero-order valence-corrected chi connectivity index (χ0v) is 22.5. The summed E-state index contributed by atoms with van der Waals surface area (Å²) in [6, 6.07) is 17.0. The van der Waals surface area contributed by atoms with Crippen LogP contribution in [0.2, 0.25) is 0 Å². The molecule has 1 aliphatic rings. The third kappa shape index (κ3) is 4.27. The van der Waals surface area contributed by atoms with Crippen molar-refractivity contribution in [2.75, 3.05) is 6.61 Å². The molecule has 33 heavy (non-hydrogen) atoms. The number of ether oxygens (including phenoxy) is 1. The molecule has 1 atom stereocenters. The minimum Gasteiger partial charge on any atom is -0.462 e. The van der Waals surface area contributed by atoms with Gasteiger partial charge in [0.05, 0.1) is 34.3 Å². The van der Waals surface area contributed by atoms with Crippen molar-refractivity contribution in [3.63, 3.8) is 0 Å². The summed E-state index contributed by atoms with van der Waals surface area (Å²) in [5.41, 5.74) is 8.33. The first kappa shape index (κ1) is 23.7. The topological polar surface area (TPSA) is 98.1 Å². The first-order valence-corrected chi connectivity index (χ1v) is 12.9. The van der Waals surface area contributed by atoms with Gasteiger partial charge < -0.3 is 10.5 Å². The van der Waals surface area contributed by atoms with Gasteiger partial charge in [-0.25, -0.2) is 4.79 Å². The van der Waals surface area contributed by atoms with Crippen LogP contribution in [-0.4, -0.2) is 17.1 Å². The smallest absolute Gasteiger partial charge is 0.338 e. The molecule has 0 saturated heterocycles. The molecular weight excluding hydrogens is 664 g/mol. The minimum atomic E-state index is -0.447. The van der Waals surface area contributed by atoms with Crippen molar-refractivity contribution in [2.45, 2.75) is 12.8 Å². The number of halogens is 2. The van der Waals surface area contributed by atoms with Gasteiger partial charge in [0.15, 0.2) is 0 Å². The fourth-order valence-corrected chi connectivity index (χ4v) is 6.64. The number of carbonyl (C=O) groups excluding carboxylic acids is 1. The second kappa shape index (κ2) is 9.82. The van der Waals surface area contributed by atoms with E-state index in [1.54, 1.807) is 37.3 Å². The van der Waals surface area contributed by atoms with Gasteiger partial charge in [0.25, 0.3) is 5.56 Å².